The normalized spacial score (nSPS) is 16.2. The van der Waals surface area contributed by atoms with Gasteiger partial charge < -0.3 is 10.1 Å². The van der Waals surface area contributed by atoms with Gasteiger partial charge in [-0.25, -0.2) is 9.97 Å². The number of hydrogen-bond donors (Lipinski definition) is 1. The van der Waals surface area contributed by atoms with Gasteiger partial charge in [-0.1, -0.05) is 36.2 Å². The molecule has 1 N–H and O–H groups in total. The Hall–Kier alpha value is -2.43. The molecule has 25 heavy (non-hydrogen) atoms. The van der Waals surface area contributed by atoms with Crippen molar-refractivity contribution in [3.63, 3.8) is 0 Å². The standard InChI is InChI=1S/C20H25N3O2/c1-15-8-10-16(11-9-15)18(23-20-21-12-5-13-22-20)14-19(24)25-17-6-3-2-4-7-17/h5,8-13,17-18H,2-4,6-7,14H2,1H3,(H,21,22,23). The topological polar surface area (TPSA) is 64.1 Å². The molecule has 1 aromatic heterocycles. The lowest BCUT2D eigenvalue weighted by Crippen LogP contribution is -2.24. The molecule has 1 unspecified atom stereocenters. The zero-order chi connectivity index (χ0) is 17.5. The third-order valence-corrected chi connectivity index (χ3v) is 4.57. The summed E-state index contributed by atoms with van der Waals surface area (Å²) in [5.74, 6) is 0.347. The van der Waals surface area contributed by atoms with Crippen molar-refractivity contribution in [3.8, 4) is 0 Å². The molecule has 2 aromatic rings. The molecule has 1 atom stereocenters. The molecule has 0 radical (unpaired) electrons. The monoisotopic (exact) mass is 339 g/mol. The molecule has 0 amide bonds. The lowest BCUT2D eigenvalue weighted by Gasteiger charge is -2.24. The lowest BCUT2D eigenvalue weighted by molar-refractivity contribution is -0.150. The second-order valence-corrected chi connectivity index (χ2v) is 6.63. The summed E-state index contributed by atoms with van der Waals surface area (Å²) in [6.45, 7) is 2.05. The van der Waals surface area contributed by atoms with Crippen LogP contribution in [0.5, 0.6) is 0 Å². The van der Waals surface area contributed by atoms with Gasteiger partial charge in [0.1, 0.15) is 6.10 Å². The number of benzene rings is 1. The lowest BCUT2D eigenvalue weighted by atomic mass is 9.97. The third-order valence-electron chi connectivity index (χ3n) is 4.57. The average Bonchev–Trinajstić information content (AvgIpc) is 2.63. The maximum atomic E-state index is 12.4. The van der Waals surface area contributed by atoms with Crippen molar-refractivity contribution in [1.29, 1.82) is 0 Å². The summed E-state index contributed by atoms with van der Waals surface area (Å²) in [5.41, 5.74) is 2.21. The largest absolute Gasteiger partial charge is 0.462 e. The predicted molar refractivity (Wildman–Crippen MR) is 97.2 cm³/mol. The Labute approximate surface area is 148 Å². The predicted octanol–water partition coefficient (Wildman–Crippen LogP) is 4.20. The first-order valence-corrected chi connectivity index (χ1v) is 9.00. The molecule has 1 heterocycles. The fraction of sp³-hybridized carbons (Fsp3) is 0.450. The summed E-state index contributed by atoms with van der Waals surface area (Å²) < 4.78 is 5.68. The Bertz CT molecular complexity index is 667. The first kappa shape index (κ1) is 17.4. The van der Waals surface area contributed by atoms with Crippen LogP contribution in [-0.4, -0.2) is 22.0 Å². The van der Waals surface area contributed by atoms with E-state index < -0.39 is 0 Å². The number of aromatic nitrogens is 2. The van der Waals surface area contributed by atoms with Gasteiger partial charge in [-0.3, -0.25) is 4.79 Å². The fourth-order valence-electron chi connectivity index (χ4n) is 3.16. The zero-order valence-electron chi connectivity index (χ0n) is 14.6. The van der Waals surface area contributed by atoms with Gasteiger partial charge in [0.05, 0.1) is 12.5 Å². The maximum Gasteiger partial charge on any atom is 0.308 e. The second kappa shape index (κ2) is 8.60. The van der Waals surface area contributed by atoms with E-state index in [1.165, 1.54) is 12.0 Å². The highest BCUT2D eigenvalue weighted by atomic mass is 16.5. The van der Waals surface area contributed by atoms with Gasteiger partial charge in [-0.05, 0) is 44.2 Å². The van der Waals surface area contributed by atoms with Crippen LogP contribution in [0.3, 0.4) is 0 Å². The highest BCUT2D eigenvalue weighted by Crippen LogP contribution is 2.25. The van der Waals surface area contributed by atoms with Crippen LogP contribution in [-0.2, 0) is 9.53 Å². The molecule has 1 saturated carbocycles. The molecule has 0 saturated heterocycles. The zero-order valence-corrected chi connectivity index (χ0v) is 14.6. The smallest absolute Gasteiger partial charge is 0.308 e. The number of hydrogen-bond acceptors (Lipinski definition) is 5. The van der Waals surface area contributed by atoms with Crippen molar-refractivity contribution < 1.29 is 9.53 Å². The molecule has 1 aliphatic carbocycles. The van der Waals surface area contributed by atoms with E-state index in [2.05, 4.69) is 15.3 Å². The summed E-state index contributed by atoms with van der Waals surface area (Å²) in [4.78, 5) is 20.9. The van der Waals surface area contributed by atoms with E-state index in [-0.39, 0.29) is 24.5 Å². The van der Waals surface area contributed by atoms with Crippen molar-refractivity contribution in [1.82, 2.24) is 9.97 Å². The van der Waals surface area contributed by atoms with E-state index in [0.717, 1.165) is 31.2 Å². The van der Waals surface area contributed by atoms with Gasteiger partial charge in [-0.15, -0.1) is 0 Å². The number of ether oxygens (including phenoxy) is 1. The quantitative estimate of drug-likeness (QED) is 0.799. The van der Waals surface area contributed by atoms with Crippen LogP contribution < -0.4 is 5.32 Å². The van der Waals surface area contributed by atoms with Gasteiger partial charge >= 0.3 is 5.97 Å². The Morgan fingerprint density at radius 2 is 1.84 bits per heavy atom. The fourth-order valence-corrected chi connectivity index (χ4v) is 3.16. The number of anilines is 1. The van der Waals surface area contributed by atoms with Gasteiger partial charge in [-0.2, -0.15) is 0 Å². The summed E-state index contributed by atoms with van der Waals surface area (Å²) in [6.07, 6.45) is 9.21. The van der Waals surface area contributed by atoms with Crippen LogP contribution in [0.4, 0.5) is 5.95 Å². The highest BCUT2D eigenvalue weighted by molar-refractivity contribution is 5.71. The minimum atomic E-state index is -0.209. The highest BCUT2D eigenvalue weighted by Gasteiger charge is 2.22. The third kappa shape index (κ3) is 5.28. The van der Waals surface area contributed by atoms with Crippen LogP contribution in [0.25, 0.3) is 0 Å². The molecular weight excluding hydrogens is 314 g/mol. The van der Waals surface area contributed by atoms with Crippen LogP contribution in [0.15, 0.2) is 42.7 Å². The Morgan fingerprint density at radius 1 is 1.16 bits per heavy atom. The van der Waals surface area contributed by atoms with Crippen molar-refractivity contribution in [2.75, 3.05) is 5.32 Å². The molecule has 1 aliphatic rings. The number of nitrogens with one attached hydrogen (secondary N) is 1. The van der Waals surface area contributed by atoms with E-state index in [1.807, 2.05) is 31.2 Å². The number of esters is 1. The Balaban J connectivity index is 1.69. The minimum Gasteiger partial charge on any atom is -0.462 e. The molecule has 132 valence electrons. The molecule has 3 rings (SSSR count). The molecule has 0 spiro atoms. The summed E-state index contributed by atoms with van der Waals surface area (Å²) in [6, 6.07) is 9.71. The molecule has 0 bridgehead atoms. The van der Waals surface area contributed by atoms with E-state index in [0.29, 0.717) is 5.95 Å². The van der Waals surface area contributed by atoms with Gasteiger partial charge in [0.2, 0.25) is 5.95 Å². The number of aryl methyl sites for hydroxylation is 1. The summed E-state index contributed by atoms with van der Waals surface area (Å²) in [5, 5.41) is 3.26. The maximum absolute atomic E-state index is 12.4. The summed E-state index contributed by atoms with van der Waals surface area (Å²) >= 11 is 0. The van der Waals surface area contributed by atoms with Crippen molar-refractivity contribution in [2.45, 2.75) is 57.6 Å². The van der Waals surface area contributed by atoms with Crippen molar-refractivity contribution in [3.05, 3.63) is 53.9 Å². The number of carbonyl (C=O) groups is 1. The van der Waals surface area contributed by atoms with E-state index in [1.54, 1.807) is 18.5 Å². The molecule has 1 fully saturated rings. The van der Waals surface area contributed by atoms with Crippen molar-refractivity contribution >= 4 is 11.9 Å². The first-order chi connectivity index (χ1) is 12.2. The van der Waals surface area contributed by atoms with Gasteiger partial charge in [0.15, 0.2) is 0 Å². The molecule has 5 heteroatoms. The van der Waals surface area contributed by atoms with E-state index in [4.69, 9.17) is 4.74 Å². The van der Waals surface area contributed by atoms with Crippen LogP contribution in [0, 0.1) is 6.92 Å². The first-order valence-electron chi connectivity index (χ1n) is 9.00. The molecule has 5 nitrogen and oxygen atoms in total. The number of nitrogens with zero attached hydrogens (tertiary/aromatic N) is 2. The number of carbonyl (C=O) groups excluding carboxylic acids is 1. The van der Waals surface area contributed by atoms with E-state index in [9.17, 15) is 4.79 Å². The molecule has 1 aromatic carbocycles. The van der Waals surface area contributed by atoms with E-state index >= 15 is 0 Å². The second-order valence-electron chi connectivity index (χ2n) is 6.63. The van der Waals surface area contributed by atoms with Gasteiger partial charge in [0.25, 0.3) is 0 Å². The van der Waals surface area contributed by atoms with Crippen molar-refractivity contribution in [2.24, 2.45) is 0 Å². The number of rotatable bonds is 6. The molecular formula is C20H25N3O2. The van der Waals surface area contributed by atoms with Crippen LogP contribution in [0.2, 0.25) is 0 Å². The Morgan fingerprint density at radius 3 is 2.52 bits per heavy atom. The minimum absolute atomic E-state index is 0.0768. The Kier molecular flexibility index (Phi) is 5.99. The van der Waals surface area contributed by atoms with Gasteiger partial charge in [0, 0.05) is 12.4 Å². The van der Waals surface area contributed by atoms with Crippen LogP contribution >= 0.6 is 0 Å². The average molecular weight is 339 g/mol. The SMILES string of the molecule is Cc1ccc(C(CC(=O)OC2CCCCC2)Nc2ncccn2)cc1. The molecule has 0 aliphatic heterocycles. The summed E-state index contributed by atoms with van der Waals surface area (Å²) in [7, 11) is 0. The van der Waals surface area contributed by atoms with Crippen LogP contribution in [0.1, 0.15) is 55.7 Å².